The summed E-state index contributed by atoms with van der Waals surface area (Å²) in [5.74, 6) is -0.851. The van der Waals surface area contributed by atoms with Crippen molar-refractivity contribution in [1.29, 1.82) is 0 Å². The zero-order valence-electron chi connectivity index (χ0n) is 22.8. The quantitative estimate of drug-likeness (QED) is 0.257. The lowest BCUT2D eigenvalue weighted by Crippen LogP contribution is -2.52. The predicted octanol–water partition coefficient (Wildman–Crippen LogP) is 6.74. The summed E-state index contributed by atoms with van der Waals surface area (Å²) in [7, 11) is -4.14. The molecule has 218 valence electrons. The molecule has 0 saturated heterocycles. The summed E-state index contributed by atoms with van der Waals surface area (Å²) in [6.07, 6.45) is 3.87. The summed E-state index contributed by atoms with van der Waals surface area (Å²) in [5.41, 5.74) is 1.81. The topological polar surface area (TPSA) is 86.8 Å². The van der Waals surface area contributed by atoms with Gasteiger partial charge in [-0.3, -0.25) is 13.9 Å². The highest BCUT2D eigenvalue weighted by atomic mass is 79.9. The third-order valence-electron chi connectivity index (χ3n) is 7.23. The van der Waals surface area contributed by atoms with Crippen LogP contribution in [-0.2, 0) is 26.2 Å². The summed E-state index contributed by atoms with van der Waals surface area (Å²) in [6.45, 7) is 2.98. The number of hydrogen-bond acceptors (Lipinski definition) is 4. The summed E-state index contributed by atoms with van der Waals surface area (Å²) in [5, 5.41) is 3.83. The van der Waals surface area contributed by atoms with Crippen molar-refractivity contribution in [2.24, 2.45) is 0 Å². The van der Waals surface area contributed by atoms with Gasteiger partial charge in [-0.1, -0.05) is 75.7 Å². The first-order valence-corrected chi connectivity index (χ1v) is 16.3. The lowest BCUT2D eigenvalue weighted by Gasteiger charge is -2.32. The number of nitrogens with zero attached hydrogens (tertiary/aromatic N) is 2. The van der Waals surface area contributed by atoms with Gasteiger partial charge in [-0.25, -0.2) is 8.42 Å². The molecule has 1 fully saturated rings. The largest absolute Gasteiger partial charge is 0.352 e. The first-order chi connectivity index (χ1) is 19.5. The average Bonchev–Trinajstić information content (AvgIpc) is 3.44. The molecule has 4 rings (SSSR count). The molecule has 1 atom stereocenters. The van der Waals surface area contributed by atoms with Crippen molar-refractivity contribution >= 4 is 66.7 Å². The van der Waals surface area contributed by atoms with Crippen LogP contribution < -0.4 is 9.62 Å². The van der Waals surface area contributed by atoms with E-state index >= 15 is 0 Å². The normalized spacial score (nSPS) is 14.5. The van der Waals surface area contributed by atoms with Crippen LogP contribution in [0, 0.1) is 6.92 Å². The van der Waals surface area contributed by atoms with Crippen LogP contribution in [0.2, 0.25) is 10.0 Å². The van der Waals surface area contributed by atoms with Gasteiger partial charge < -0.3 is 10.2 Å². The van der Waals surface area contributed by atoms with E-state index in [0.29, 0.717) is 21.3 Å². The molecule has 1 N–H and O–H groups in total. The Balaban J connectivity index is 1.70. The second-order valence-electron chi connectivity index (χ2n) is 10.2. The van der Waals surface area contributed by atoms with Crippen molar-refractivity contribution in [3.05, 3.63) is 92.4 Å². The fraction of sp³-hybridized carbons (Fsp3) is 0.333. The van der Waals surface area contributed by atoms with Crippen molar-refractivity contribution in [2.45, 2.75) is 63.1 Å². The van der Waals surface area contributed by atoms with Gasteiger partial charge in [0.2, 0.25) is 11.8 Å². The van der Waals surface area contributed by atoms with Crippen LogP contribution >= 0.6 is 39.1 Å². The molecule has 3 aromatic rings. The van der Waals surface area contributed by atoms with Crippen LogP contribution in [0.25, 0.3) is 0 Å². The molecule has 0 aliphatic heterocycles. The molecule has 0 spiro atoms. The van der Waals surface area contributed by atoms with Gasteiger partial charge in [0, 0.05) is 27.1 Å². The molecule has 2 amide bonds. The van der Waals surface area contributed by atoms with Crippen molar-refractivity contribution in [3.63, 3.8) is 0 Å². The van der Waals surface area contributed by atoms with Crippen LogP contribution in [0.15, 0.2) is 76.1 Å². The number of aryl methyl sites for hydroxylation is 1. The third-order valence-corrected chi connectivity index (χ3v) is 10.1. The maximum Gasteiger partial charge on any atom is 0.264 e. The van der Waals surface area contributed by atoms with Crippen molar-refractivity contribution in [3.8, 4) is 0 Å². The van der Waals surface area contributed by atoms with Crippen LogP contribution in [0.1, 0.15) is 43.7 Å². The molecule has 1 unspecified atom stereocenters. The van der Waals surface area contributed by atoms with E-state index in [2.05, 4.69) is 21.2 Å². The third kappa shape index (κ3) is 7.83. The Kier molecular flexibility index (Phi) is 10.4. The Morgan fingerprint density at radius 1 is 1.00 bits per heavy atom. The SMILES string of the molecule is Cc1ccc(S(=O)(=O)N(CC(=O)N(Cc2ccc(Cl)cc2Cl)C(C)C(=O)NC2CCCC2)c2ccc(Br)cc2)cc1. The zero-order chi connectivity index (χ0) is 29.7. The number of carbonyl (C=O) groups is 2. The lowest BCUT2D eigenvalue weighted by molar-refractivity contribution is -0.139. The highest BCUT2D eigenvalue weighted by Crippen LogP contribution is 2.28. The molecule has 3 aromatic carbocycles. The second-order valence-corrected chi connectivity index (χ2v) is 13.8. The maximum atomic E-state index is 14.1. The van der Waals surface area contributed by atoms with Gasteiger partial charge in [0.1, 0.15) is 12.6 Å². The van der Waals surface area contributed by atoms with Gasteiger partial charge in [-0.2, -0.15) is 0 Å². The van der Waals surface area contributed by atoms with Crippen LogP contribution in [0.5, 0.6) is 0 Å². The minimum absolute atomic E-state index is 0.00710. The van der Waals surface area contributed by atoms with E-state index in [1.807, 2.05) is 6.92 Å². The maximum absolute atomic E-state index is 14.1. The number of carbonyl (C=O) groups excluding carboxylic acids is 2. The van der Waals surface area contributed by atoms with E-state index in [0.717, 1.165) is 40.0 Å². The van der Waals surface area contributed by atoms with Crippen LogP contribution in [0.4, 0.5) is 5.69 Å². The highest BCUT2D eigenvalue weighted by Gasteiger charge is 2.33. The van der Waals surface area contributed by atoms with Crippen molar-refractivity contribution in [1.82, 2.24) is 10.2 Å². The molecular formula is C30H32BrCl2N3O4S. The predicted molar refractivity (Wildman–Crippen MR) is 167 cm³/mol. The molecule has 1 saturated carbocycles. The highest BCUT2D eigenvalue weighted by molar-refractivity contribution is 9.10. The zero-order valence-corrected chi connectivity index (χ0v) is 26.7. The lowest BCUT2D eigenvalue weighted by atomic mass is 10.1. The van der Waals surface area contributed by atoms with E-state index < -0.39 is 28.5 Å². The number of nitrogens with one attached hydrogen (secondary N) is 1. The molecule has 41 heavy (non-hydrogen) atoms. The molecule has 0 bridgehead atoms. The number of amides is 2. The summed E-state index contributed by atoms with van der Waals surface area (Å²) < 4.78 is 29.6. The number of halogens is 3. The first-order valence-electron chi connectivity index (χ1n) is 13.3. The number of anilines is 1. The van der Waals surface area contributed by atoms with E-state index in [1.165, 1.54) is 17.0 Å². The van der Waals surface area contributed by atoms with Crippen molar-refractivity contribution < 1.29 is 18.0 Å². The Morgan fingerprint density at radius 3 is 2.24 bits per heavy atom. The Bertz CT molecular complexity index is 1500. The first kappa shape index (κ1) is 31.3. The van der Waals surface area contributed by atoms with E-state index in [1.54, 1.807) is 61.5 Å². The number of hydrogen-bond donors (Lipinski definition) is 1. The summed E-state index contributed by atoms with van der Waals surface area (Å²) in [6, 6.07) is 17.2. The second kappa shape index (κ2) is 13.6. The Hall–Kier alpha value is -2.59. The number of sulfonamides is 1. The van der Waals surface area contributed by atoms with Gasteiger partial charge in [-0.15, -0.1) is 0 Å². The standard InChI is InChI=1S/C30H32BrCl2N3O4S/c1-20-7-15-27(16-8-20)41(39,40)36(26-13-10-23(31)11-14-26)19-29(37)35(18-22-9-12-24(32)17-28(22)33)21(2)30(38)34-25-5-3-4-6-25/h7-17,21,25H,3-6,18-19H2,1-2H3,(H,34,38). The summed E-state index contributed by atoms with van der Waals surface area (Å²) in [4.78, 5) is 28.8. The fourth-order valence-electron chi connectivity index (χ4n) is 4.78. The number of benzene rings is 3. The smallest absolute Gasteiger partial charge is 0.264 e. The molecule has 1 aliphatic carbocycles. The molecule has 7 nitrogen and oxygen atoms in total. The van der Waals surface area contributed by atoms with Gasteiger partial charge in [0.25, 0.3) is 10.0 Å². The van der Waals surface area contributed by atoms with Crippen LogP contribution in [0.3, 0.4) is 0 Å². The minimum atomic E-state index is -4.14. The molecule has 11 heteroatoms. The van der Waals surface area contributed by atoms with Gasteiger partial charge >= 0.3 is 0 Å². The van der Waals surface area contributed by atoms with E-state index in [4.69, 9.17) is 23.2 Å². The van der Waals surface area contributed by atoms with E-state index in [9.17, 15) is 18.0 Å². The minimum Gasteiger partial charge on any atom is -0.352 e. The molecule has 0 heterocycles. The van der Waals surface area contributed by atoms with Crippen LogP contribution in [-0.4, -0.2) is 43.8 Å². The Morgan fingerprint density at radius 2 is 1.63 bits per heavy atom. The molecule has 0 radical (unpaired) electrons. The van der Waals surface area contributed by atoms with Gasteiger partial charge in [0.15, 0.2) is 0 Å². The molecule has 1 aliphatic rings. The monoisotopic (exact) mass is 679 g/mol. The average molecular weight is 681 g/mol. The van der Waals surface area contributed by atoms with Gasteiger partial charge in [0.05, 0.1) is 10.6 Å². The fourth-order valence-corrected chi connectivity index (χ4v) is 6.93. The van der Waals surface area contributed by atoms with Gasteiger partial charge in [-0.05, 0) is 80.8 Å². The van der Waals surface area contributed by atoms with Crippen molar-refractivity contribution in [2.75, 3.05) is 10.8 Å². The summed E-state index contributed by atoms with van der Waals surface area (Å²) >= 11 is 15.9. The molecule has 0 aromatic heterocycles. The number of rotatable bonds is 10. The Labute approximate surface area is 260 Å². The molecular weight excluding hydrogens is 649 g/mol. The van der Waals surface area contributed by atoms with E-state index in [-0.39, 0.29) is 23.4 Å².